The zero-order chi connectivity index (χ0) is 29.3. The van der Waals surface area contributed by atoms with Crippen molar-refractivity contribution in [3.63, 3.8) is 0 Å². The molecule has 3 nitrogen and oxygen atoms in total. The lowest BCUT2D eigenvalue weighted by Gasteiger charge is -2.24. The number of rotatable bonds is 1. The Balaban J connectivity index is 1.62. The SMILES string of the molecule is Cc1c(-c2c3oc4c(c5cccc6c7ccccc7n4c65)c3c(C(C)(C)C)c[n+]2C)cc(C(C)(C)C)c2ccccc12. The van der Waals surface area contributed by atoms with Gasteiger partial charge in [-0.25, -0.2) is 0 Å². The second-order valence-electron chi connectivity index (χ2n) is 14.2. The van der Waals surface area contributed by atoms with Crippen molar-refractivity contribution < 1.29 is 8.98 Å². The first-order chi connectivity index (χ1) is 20.0. The molecule has 0 N–H and O–H groups in total. The topological polar surface area (TPSA) is 21.4 Å². The van der Waals surface area contributed by atoms with Crippen molar-refractivity contribution in [1.29, 1.82) is 0 Å². The number of nitrogens with zero attached hydrogens (tertiary/aromatic N) is 2. The van der Waals surface area contributed by atoms with Crippen LogP contribution < -0.4 is 4.57 Å². The smallest absolute Gasteiger partial charge is 0.256 e. The Morgan fingerprint density at radius 2 is 1.29 bits per heavy atom. The summed E-state index contributed by atoms with van der Waals surface area (Å²) in [4.78, 5) is 0. The van der Waals surface area contributed by atoms with Crippen molar-refractivity contribution >= 4 is 60.0 Å². The maximum absolute atomic E-state index is 7.19. The molecule has 0 fully saturated rings. The highest BCUT2D eigenvalue weighted by Crippen LogP contribution is 2.48. The molecule has 0 aliphatic carbocycles. The van der Waals surface area contributed by atoms with E-state index in [-0.39, 0.29) is 10.8 Å². The number of aromatic nitrogens is 2. The van der Waals surface area contributed by atoms with Crippen molar-refractivity contribution in [2.75, 3.05) is 0 Å². The van der Waals surface area contributed by atoms with Gasteiger partial charge in [0.15, 0.2) is 6.20 Å². The van der Waals surface area contributed by atoms with E-state index < -0.39 is 0 Å². The van der Waals surface area contributed by atoms with E-state index in [1.807, 2.05) is 0 Å². The summed E-state index contributed by atoms with van der Waals surface area (Å²) in [6.07, 6.45) is 2.35. The molecule has 4 aromatic carbocycles. The van der Waals surface area contributed by atoms with E-state index in [1.165, 1.54) is 71.0 Å². The Morgan fingerprint density at radius 3 is 2.00 bits per heavy atom. The number of fused-ring (bicyclic) bond motifs is 9. The second-order valence-corrected chi connectivity index (χ2v) is 14.2. The van der Waals surface area contributed by atoms with Crippen molar-refractivity contribution in [3.05, 3.63) is 95.7 Å². The second kappa shape index (κ2) is 8.13. The van der Waals surface area contributed by atoms with Crippen LogP contribution in [-0.2, 0) is 17.9 Å². The van der Waals surface area contributed by atoms with Gasteiger partial charge in [-0.1, -0.05) is 102 Å². The van der Waals surface area contributed by atoms with Crippen molar-refractivity contribution in [2.45, 2.75) is 59.3 Å². The zero-order valence-electron chi connectivity index (χ0n) is 25.8. The van der Waals surface area contributed by atoms with Crippen molar-refractivity contribution in [1.82, 2.24) is 4.40 Å². The number of aryl methyl sites for hydroxylation is 2. The molecule has 4 aromatic heterocycles. The van der Waals surface area contributed by atoms with E-state index in [4.69, 9.17) is 4.42 Å². The Morgan fingerprint density at radius 1 is 0.667 bits per heavy atom. The third-order valence-electron chi connectivity index (χ3n) is 9.40. The first-order valence-electron chi connectivity index (χ1n) is 15.0. The molecule has 208 valence electrons. The summed E-state index contributed by atoms with van der Waals surface area (Å²) < 4.78 is 11.9. The number of hydrogen-bond donors (Lipinski definition) is 0. The van der Waals surface area contributed by atoms with Crippen LogP contribution in [0, 0.1) is 6.92 Å². The molecule has 0 unspecified atom stereocenters. The summed E-state index contributed by atoms with van der Waals surface area (Å²) in [5.41, 5.74) is 10.6. The standard InChI is InChI=1S/C39H37N2O/c1-22-23-14-9-10-15-24(23)29(38(2,3)4)20-28(22)35-36-33(30(21-40(35)8)39(5,6)7)32-27-18-13-17-26-25-16-11-12-19-31(25)41(34(26)27)37(32)42-36/h9-21H,1-8H3/q+1. The lowest BCUT2D eigenvalue weighted by molar-refractivity contribution is -0.660. The Hall–Kier alpha value is -4.37. The van der Waals surface area contributed by atoms with Crippen LogP contribution in [0.25, 0.3) is 71.3 Å². The molecule has 4 heterocycles. The van der Waals surface area contributed by atoms with Gasteiger partial charge >= 0.3 is 0 Å². The molecule has 0 atom stereocenters. The van der Waals surface area contributed by atoms with Gasteiger partial charge < -0.3 is 4.42 Å². The van der Waals surface area contributed by atoms with Gasteiger partial charge in [-0.3, -0.25) is 4.40 Å². The fourth-order valence-corrected chi connectivity index (χ4v) is 7.43. The van der Waals surface area contributed by atoms with Crippen LogP contribution in [0.4, 0.5) is 0 Å². The average Bonchev–Trinajstić information content (AvgIpc) is 3.58. The Kier molecular flexibility index (Phi) is 4.91. The maximum Gasteiger partial charge on any atom is 0.256 e. The number of para-hydroxylation sites is 2. The Bertz CT molecular complexity index is 2390. The van der Waals surface area contributed by atoms with Gasteiger partial charge in [0.05, 0.1) is 22.0 Å². The quantitative estimate of drug-likeness (QED) is 0.187. The minimum atomic E-state index is -0.0750. The van der Waals surface area contributed by atoms with Crippen LogP contribution in [0.2, 0.25) is 0 Å². The van der Waals surface area contributed by atoms with Crippen LogP contribution in [0.1, 0.15) is 58.2 Å². The summed E-state index contributed by atoms with van der Waals surface area (Å²) in [6, 6.07) is 26.7. The largest absolute Gasteiger partial charge is 0.432 e. The van der Waals surface area contributed by atoms with Gasteiger partial charge in [-0.05, 0) is 51.8 Å². The van der Waals surface area contributed by atoms with E-state index in [1.54, 1.807) is 0 Å². The number of furan rings is 1. The lowest BCUT2D eigenvalue weighted by atomic mass is 9.80. The molecule has 0 bridgehead atoms. The van der Waals surface area contributed by atoms with Gasteiger partial charge in [0, 0.05) is 27.1 Å². The molecular formula is C39H37N2O+. The van der Waals surface area contributed by atoms with Crippen LogP contribution in [-0.4, -0.2) is 4.40 Å². The van der Waals surface area contributed by atoms with Gasteiger partial charge in [-0.15, -0.1) is 0 Å². The number of benzene rings is 4. The van der Waals surface area contributed by atoms with Gasteiger partial charge in [-0.2, -0.15) is 4.57 Å². The minimum Gasteiger partial charge on any atom is -0.432 e. The van der Waals surface area contributed by atoms with E-state index in [0.29, 0.717) is 0 Å². The Labute approximate surface area is 246 Å². The monoisotopic (exact) mass is 549 g/mol. The highest BCUT2D eigenvalue weighted by molar-refractivity contribution is 6.29. The third kappa shape index (κ3) is 3.20. The van der Waals surface area contributed by atoms with Gasteiger partial charge in [0.25, 0.3) is 5.69 Å². The summed E-state index contributed by atoms with van der Waals surface area (Å²) in [5, 5.41) is 8.88. The summed E-state index contributed by atoms with van der Waals surface area (Å²) in [6.45, 7) is 16.1. The first-order valence-corrected chi connectivity index (χ1v) is 15.0. The molecule has 8 aromatic rings. The van der Waals surface area contributed by atoms with E-state index in [9.17, 15) is 0 Å². The van der Waals surface area contributed by atoms with E-state index in [0.717, 1.165) is 17.0 Å². The van der Waals surface area contributed by atoms with E-state index >= 15 is 0 Å². The summed E-state index contributed by atoms with van der Waals surface area (Å²) in [7, 11) is 2.18. The fraction of sp³-hybridized carbons (Fsp3) is 0.256. The summed E-state index contributed by atoms with van der Waals surface area (Å²) in [5.74, 6) is 0. The van der Waals surface area contributed by atoms with Crippen LogP contribution in [0.15, 0.2) is 83.4 Å². The molecule has 42 heavy (non-hydrogen) atoms. The van der Waals surface area contributed by atoms with Crippen LogP contribution >= 0.6 is 0 Å². The van der Waals surface area contributed by atoms with Crippen LogP contribution in [0.3, 0.4) is 0 Å². The predicted molar refractivity (Wildman–Crippen MR) is 177 cm³/mol. The zero-order valence-corrected chi connectivity index (χ0v) is 25.8. The van der Waals surface area contributed by atoms with Crippen molar-refractivity contribution in [2.24, 2.45) is 7.05 Å². The molecule has 0 amide bonds. The van der Waals surface area contributed by atoms with Gasteiger partial charge in [0.2, 0.25) is 11.3 Å². The predicted octanol–water partition coefficient (Wildman–Crippen LogP) is 10.1. The molecule has 3 heteroatoms. The molecule has 0 saturated heterocycles. The normalized spacial score (nSPS) is 13.2. The highest BCUT2D eigenvalue weighted by Gasteiger charge is 2.34. The molecular weight excluding hydrogens is 512 g/mol. The first kappa shape index (κ1) is 25.3. The number of hydrogen-bond acceptors (Lipinski definition) is 1. The molecule has 0 aliphatic rings. The number of pyridine rings is 1. The lowest BCUT2D eigenvalue weighted by Crippen LogP contribution is -2.34. The minimum absolute atomic E-state index is 0.00931. The van der Waals surface area contributed by atoms with Crippen LogP contribution in [0.5, 0.6) is 0 Å². The molecule has 0 aliphatic heterocycles. The molecule has 0 saturated carbocycles. The molecule has 0 radical (unpaired) electrons. The van der Waals surface area contributed by atoms with Crippen molar-refractivity contribution in [3.8, 4) is 11.3 Å². The van der Waals surface area contributed by atoms with E-state index in [2.05, 4.69) is 143 Å². The summed E-state index contributed by atoms with van der Waals surface area (Å²) >= 11 is 0. The third-order valence-corrected chi connectivity index (χ3v) is 9.40. The van der Waals surface area contributed by atoms with Gasteiger partial charge in [0.1, 0.15) is 7.05 Å². The average molecular weight is 550 g/mol. The molecule has 8 rings (SSSR count). The maximum atomic E-state index is 7.19. The fourth-order valence-electron chi connectivity index (χ4n) is 7.43. The highest BCUT2D eigenvalue weighted by atomic mass is 16.3. The molecule has 0 spiro atoms.